The number of rotatable bonds is 2. The second-order valence-corrected chi connectivity index (χ2v) is 6.92. The fraction of sp³-hybridized carbons (Fsp3) is 0.333. The summed E-state index contributed by atoms with van der Waals surface area (Å²) in [5.41, 5.74) is 8.70. The van der Waals surface area contributed by atoms with E-state index < -0.39 is 0 Å². The molecule has 0 fully saturated rings. The van der Waals surface area contributed by atoms with Gasteiger partial charge in [-0.25, -0.2) is 0 Å². The van der Waals surface area contributed by atoms with Crippen molar-refractivity contribution in [2.75, 3.05) is 0 Å². The number of hydrogen-bond acceptors (Lipinski definition) is 0. The number of benzene rings is 2. The summed E-state index contributed by atoms with van der Waals surface area (Å²) in [6.07, 6.45) is 0. The molecule has 2 heteroatoms. The summed E-state index contributed by atoms with van der Waals surface area (Å²) in [6.45, 7) is 10.6. The van der Waals surface area contributed by atoms with Crippen LogP contribution in [0.1, 0.15) is 44.3 Å². The van der Waals surface area contributed by atoms with Gasteiger partial charge in [-0.2, -0.15) is 0 Å². The summed E-state index contributed by atoms with van der Waals surface area (Å²) < 4.78 is 1.14. The Hall–Kier alpha value is -0.790. The third-order valence-corrected chi connectivity index (χ3v) is 5.12. The highest BCUT2D eigenvalue weighted by molar-refractivity contribution is 9.10. The molecule has 0 saturated heterocycles. The van der Waals surface area contributed by atoms with Crippen molar-refractivity contribution in [1.29, 1.82) is 0 Å². The molecule has 106 valence electrons. The van der Waals surface area contributed by atoms with Gasteiger partial charge in [0.1, 0.15) is 0 Å². The van der Waals surface area contributed by atoms with Crippen LogP contribution in [0.25, 0.3) is 0 Å². The van der Waals surface area contributed by atoms with Gasteiger partial charge in [-0.1, -0.05) is 39.7 Å². The van der Waals surface area contributed by atoms with E-state index in [2.05, 4.69) is 74.8 Å². The number of hydrogen-bond donors (Lipinski definition) is 0. The maximum atomic E-state index is 6.81. The van der Waals surface area contributed by atoms with Crippen LogP contribution in [-0.2, 0) is 0 Å². The molecule has 0 heterocycles. The van der Waals surface area contributed by atoms with E-state index in [1.165, 1.54) is 38.9 Å². The molecular formula is C18H20BrCl. The highest BCUT2D eigenvalue weighted by Crippen LogP contribution is 2.37. The highest BCUT2D eigenvalue weighted by Gasteiger charge is 2.18. The van der Waals surface area contributed by atoms with Crippen LogP contribution in [0.4, 0.5) is 0 Å². The molecule has 2 aromatic carbocycles. The van der Waals surface area contributed by atoms with Crippen LogP contribution < -0.4 is 0 Å². The van der Waals surface area contributed by atoms with Crippen molar-refractivity contribution in [2.24, 2.45) is 0 Å². The van der Waals surface area contributed by atoms with E-state index in [9.17, 15) is 0 Å². The summed E-state index contributed by atoms with van der Waals surface area (Å²) >= 11 is 10.4. The maximum absolute atomic E-state index is 6.81. The Kier molecular flexibility index (Phi) is 4.61. The van der Waals surface area contributed by atoms with E-state index in [0.29, 0.717) is 0 Å². The van der Waals surface area contributed by atoms with Crippen molar-refractivity contribution in [3.63, 3.8) is 0 Å². The van der Waals surface area contributed by atoms with E-state index >= 15 is 0 Å². The fourth-order valence-corrected chi connectivity index (χ4v) is 3.86. The molecule has 0 aliphatic carbocycles. The lowest BCUT2D eigenvalue weighted by Crippen LogP contribution is -2.03. The average Bonchev–Trinajstić information content (AvgIpc) is 2.32. The molecule has 0 spiro atoms. The SMILES string of the molecule is Cc1cc(C)c(C(Cl)c2cc(C)c(Br)cc2C)c(C)c1. The van der Waals surface area contributed by atoms with E-state index in [1.807, 2.05) is 0 Å². The van der Waals surface area contributed by atoms with Crippen molar-refractivity contribution in [1.82, 2.24) is 0 Å². The lowest BCUT2D eigenvalue weighted by molar-refractivity contribution is 1.05. The zero-order chi connectivity index (χ0) is 15.0. The van der Waals surface area contributed by atoms with Gasteiger partial charge >= 0.3 is 0 Å². The van der Waals surface area contributed by atoms with Gasteiger partial charge < -0.3 is 0 Å². The predicted molar refractivity (Wildman–Crippen MR) is 92.0 cm³/mol. The van der Waals surface area contributed by atoms with Crippen LogP contribution >= 0.6 is 27.5 Å². The monoisotopic (exact) mass is 350 g/mol. The molecule has 1 unspecified atom stereocenters. The lowest BCUT2D eigenvalue weighted by atomic mass is 9.91. The minimum Gasteiger partial charge on any atom is -0.113 e. The van der Waals surface area contributed by atoms with E-state index in [-0.39, 0.29) is 5.38 Å². The predicted octanol–water partition coefficient (Wildman–Crippen LogP) is 6.32. The second kappa shape index (κ2) is 5.91. The molecule has 0 aliphatic heterocycles. The molecule has 0 amide bonds. The standard InChI is InChI=1S/C18H20BrCl/c1-10-6-13(4)17(14(5)7-10)18(20)15-8-12(3)16(19)9-11(15)2/h6-9,18H,1-5H3. The van der Waals surface area contributed by atoms with Gasteiger partial charge in [0.15, 0.2) is 0 Å². The number of aryl methyl sites for hydroxylation is 5. The molecule has 0 bridgehead atoms. The van der Waals surface area contributed by atoms with Crippen LogP contribution in [0, 0.1) is 34.6 Å². The first-order valence-electron chi connectivity index (χ1n) is 6.79. The van der Waals surface area contributed by atoms with Crippen molar-refractivity contribution in [3.05, 3.63) is 67.7 Å². The quantitative estimate of drug-likeness (QED) is 0.555. The van der Waals surface area contributed by atoms with Crippen molar-refractivity contribution < 1.29 is 0 Å². The number of halogens is 2. The van der Waals surface area contributed by atoms with Gasteiger partial charge in [-0.3, -0.25) is 0 Å². The molecule has 0 saturated carbocycles. The summed E-state index contributed by atoms with van der Waals surface area (Å²) in [5, 5.41) is -0.0950. The average molecular weight is 352 g/mol. The van der Waals surface area contributed by atoms with Gasteiger partial charge in [0.2, 0.25) is 0 Å². The Morgan fingerprint density at radius 2 is 1.35 bits per heavy atom. The minimum absolute atomic E-state index is 0.0950. The van der Waals surface area contributed by atoms with Gasteiger partial charge in [0, 0.05) is 4.47 Å². The molecule has 2 rings (SSSR count). The molecule has 1 atom stereocenters. The zero-order valence-electron chi connectivity index (χ0n) is 12.6. The van der Waals surface area contributed by atoms with E-state index in [4.69, 9.17) is 11.6 Å². The van der Waals surface area contributed by atoms with Crippen LogP contribution in [0.3, 0.4) is 0 Å². The van der Waals surface area contributed by atoms with Crippen molar-refractivity contribution >= 4 is 27.5 Å². The Balaban J connectivity index is 2.57. The largest absolute Gasteiger partial charge is 0.113 e. The first kappa shape index (κ1) is 15.6. The highest BCUT2D eigenvalue weighted by atomic mass is 79.9. The molecule has 0 aromatic heterocycles. The summed E-state index contributed by atoms with van der Waals surface area (Å²) in [4.78, 5) is 0. The van der Waals surface area contributed by atoms with E-state index in [0.717, 1.165) is 4.47 Å². The van der Waals surface area contributed by atoms with Crippen molar-refractivity contribution in [2.45, 2.75) is 40.0 Å². The molecule has 0 radical (unpaired) electrons. The second-order valence-electron chi connectivity index (χ2n) is 5.63. The molecule has 0 N–H and O–H groups in total. The molecular weight excluding hydrogens is 332 g/mol. The topological polar surface area (TPSA) is 0 Å². The van der Waals surface area contributed by atoms with Crippen molar-refractivity contribution in [3.8, 4) is 0 Å². The molecule has 2 aromatic rings. The van der Waals surface area contributed by atoms with Crippen LogP contribution in [0.2, 0.25) is 0 Å². The summed E-state index contributed by atoms with van der Waals surface area (Å²) in [7, 11) is 0. The summed E-state index contributed by atoms with van der Waals surface area (Å²) in [5.74, 6) is 0. The Bertz CT molecular complexity index is 636. The smallest absolute Gasteiger partial charge is 0.0843 e. The third-order valence-electron chi connectivity index (χ3n) is 3.81. The first-order valence-corrected chi connectivity index (χ1v) is 8.02. The van der Waals surface area contributed by atoms with Gasteiger partial charge in [-0.15, -0.1) is 11.6 Å². The Morgan fingerprint density at radius 1 is 0.800 bits per heavy atom. The molecule has 0 aliphatic rings. The van der Waals surface area contributed by atoms with Gasteiger partial charge in [0.25, 0.3) is 0 Å². The van der Waals surface area contributed by atoms with Crippen LogP contribution in [0.5, 0.6) is 0 Å². The fourth-order valence-electron chi connectivity index (χ4n) is 2.82. The van der Waals surface area contributed by atoms with Crippen LogP contribution in [-0.4, -0.2) is 0 Å². The first-order chi connectivity index (χ1) is 9.31. The maximum Gasteiger partial charge on any atom is 0.0843 e. The number of alkyl halides is 1. The Labute approximate surface area is 135 Å². The normalized spacial score (nSPS) is 12.6. The van der Waals surface area contributed by atoms with E-state index in [1.54, 1.807) is 0 Å². The van der Waals surface area contributed by atoms with Crippen LogP contribution in [0.15, 0.2) is 28.7 Å². The minimum atomic E-state index is -0.0950. The third kappa shape index (κ3) is 2.94. The zero-order valence-corrected chi connectivity index (χ0v) is 15.0. The molecule has 0 nitrogen and oxygen atoms in total. The Morgan fingerprint density at radius 3 is 1.90 bits per heavy atom. The van der Waals surface area contributed by atoms with Gasteiger partial charge in [0.05, 0.1) is 5.38 Å². The van der Waals surface area contributed by atoms with Gasteiger partial charge in [-0.05, 0) is 74.1 Å². The molecule has 20 heavy (non-hydrogen) atoms. The summed E-state index contributed by atoms with van der Waals surface area (Å²) in [6, 6.07) is 8.76. The lowest BCUT2D eigenvalue weighted by Gasteiger charge is -2.20.